The summed E-state index contributed by atoms with van der Waals surface area (Å²) >= 11 is 0. The Morgan fingerprint density at radius 3 is 2.86 bits per heavy atom. The van der Waals surface area contributed by atoms with Crippen molar-refractivity contribution >= 4 is 5.91 Å². The normalized spacial score (nSPS) is 23.8. The molecule has 1 fully saturated rings. The van der Waals surface area contributed by atoms with Gasteiger partial charge < -0.3 is 5.73 Å². The summed E-state index contributed by atoms with van der Waals surface area (Å²) in [5, 5.41) is 0. The molecule has 112 valence electrons. The fourth-order valence-electron chi connectivity index (χ4n) is 3.29. The van der Waals surface area contributed by atoms with Crippen molar-refractivity contribution in [3.05, 3.63) is 41.3 Å². The highest BCUT2D eigenvalue weighted by Crippen LogP contribution is 2.31. The summed E-state index contributed by atoms with van der Waals surface area (Å²) in [7, 11) is 0. The summed E-state index contributed by atoms with van der Waals surface area (Å²) in [4.78, 5) is 13.8. The highest BCUT2D eigenvalue weighted by atomic mass is 19.1. The molecule has 3 rings (SSSR count). The van der Waals surface area contributed by atoms with Crippen molar-refractivity contribution in [3.8, 4) is 0 Å². The number of aryl methyl sites for hydroxylation is 1. The molecule has 4 heteroatoms. The number of hydrogen-bond acceptors (Lipinski definition) is 2. The fourth-order valence-corrected chi connectivity index (χ4v) is 3.29. The third-order valence-electron chi connectivity index (χ3n) is 4.47. The molecular weight excluding hydrogens is 267 g/mol. The molecule has 1 saturated heterocycles. The van der Waals surface area contributed by atoms with Gasteiger partial charge in [-0.15, -0.1) is 0 Å². The Morgan fingerprint density at radius 1 is 1.38 bits per heavy atom. The van der Waals surface area contributed by atoms with Gasteiger partial charge in [0.05, 0.1) is 5.92 Å². The van der Waals surface area contributed by atoms with Gasteiger partial charge in [-0.3, -0.25) is 9.69 Å². The quantitative estimate of drug-likeness (QED) is 0.927. The van der Waals surface area contributed by atoms with E-state index in [1.54, 1.807) is 0 Å². The molecule has 2 radical (unpaired) electrons. The number of carbonyl (C=O) groups is 1. The van der Waals surface area contributed by atoms with Crippen LogP contribution in [0.4, 0.5) is 4.39 Å². The van der Waals surface area contributed by atoms with Crippen molar-refractivity contribution in [2.75, 3.05) is 13.1 Å². The van der Waals surface area contributed by atoms with Crippen molar-refractivity contribution in [1.29, 1.82) is 0 Å². The predicted molar refractivity (Wildman–Crippen MR) is 79.3 cm³/mol. The first kappa shape index (κ1) is 14.5. The fraction of sp³-hybridized carbons (Fsp3) is 0.529. The molecule has 1 amide bonds. The summed E-state index contributed by atoms with van der Waals surface area (Å²) in [6, 6.07) is 6.24. The van der Waals surface area contributed by atoms with Crippen LogP contribution in [0.25, 0.3) is 0 Å². The van der Waals surface area contributed by atoms with Crippen LogP contribution >= 0.6 is 0 Å². The first-order valence-corrected chi connectivity index (χ1v) is 7.64. The van der Waals surface area contributed by atoms with Gasteiger partial charge in [0.1, 0.15) is 6.17 Å². The second kappa shape index (κ2) is 6.14. The number of fused-ring (bicyclic) bond motifs is 1. The Morgan fingerprint density at radius 2 is 2.14 bits per heavy atom. The first-order valence-electron chi connectivity index (χ1n) is 7.64. The van der Waals surface area contributed by atoms with E-state index in [9.17, 15) is 9.18 Å². The maximum absolute atomic E-state index is 13.2. The van der Waals surface area contributed by atoms with E-state index in [2.05, 4.69) is 23.5 Å². The zero-order chi connectivity index (χ0) is 14.8. The van der Waals surface area contributed by atoms with Gasteiger partial charge in [-0.25, -0.2) is 4.39 Å². The van der Waals surface area contributed by atoms with Crippen LogP contribution in [-0.4, -0.2) is 30.1 Å². The number of benzene rings is 1. The van der Waals surface area contributed by atoms with Crippen LogP contribution in [0.15, 0.2) is 18.2 Å². The smallest absolute Gasteiger partial charge is 0.225 e. The van der Waals surface area contributed by atoms with Crippen molar-refractivity contribution in [2.24, 2.45) is 5.73 Å². The minimum atomic E-state index is -0.632. The predicted octanol–water partition coefficient (Wildman–Crippen LogP) is 2.22. The zero-order valence-corrected chi connectivity index (χ0v) is 12.1. The molecular formula is C17H21FN2O. The van der Waals surface area contributed by atoms with Crippen molar-refractivity contribution in [1.82, 2.24) is 4.90 Å². The number of alkyl halides is 1. The summed E-state index contributed by atoms with van der Waals surface area (Å²) in [5.41, 5.74) is 8.87. The topological polar surface area (TPSA) is 46.3 Å². The van der Waals surface area contributed by atoms with Gasteiger partial charge in [-0.1, -0.05) is 18.2 Å². The molecule has 1 heterocycles. The van der Waals surface area contributed by atoms with E-state index < -0.39 is 6.17 Å². The maximum atomic E-state index is 13.2. The molecule has 1 unspecified atom stereocenters. The van der Waals surface area contributed by atoms with Crippen molar-refractivity contribution in [2.45, 2.75) is 44.3 Å². The number of rotatable bonds is 3. The van der Waals surface area contributed by atoms with E-state index in [0.717, 1.165) is 38.0 Å². The van der Waals surface area contributed by atoms with Gasteiger partial charge in [0, 0.05) is 26.1 Å². The summed E-state index contributed by atoms with van der Waals surface area (Å²) in [5.74, 6) is -0.696. The number of piperidine rings is 1. The highest BCUT2D eigenvalue weighted by Gasteiger charge is 2.25. The van der Waals surface area contributed by atoms with E-state index in [0.29, 0.717) is 12.8 Å². The van der Waals surface area contributed by atoms with Gasteiger partial charge in [0.25, 0.3) is 0 Å². The lowest BCUT2D eigenvalue weighted by molar-refractivity contribution is -0.118. The number of hydrogen-bond donors (Lipinski definition) is 1. The number of nitrogens with zero attached hydrogens (tertiary/aromatic N) is 1. The second-order valence-electron chi connectivity index (χ2n) is 6.02. The van der Waals surface area contributed by atoms with Gasteiger partial charge >= 0.3 is 0 Å². The molecule has 1 aromatic rings. The molecule has 0 saturated carbocycles. The molecule has 3 nitrogen and oxygen atoms in total. The molecule has 1 aliphatic heterocycles. The molecule has 0 aromatic heterocycles. The largest absolute Gasteiger partial charge is 0.369 e. The average molecular weight is 288 g/mol. The van der Waals surface area contributed by atoms with Crippen LogP contribution in [0, 0.1) is 6.42 Å². The van der Waals surface area contributed by atoms with E-state index in [1.165, 1.54) is 11.1 Å². The maximum Gasteiger partial charge on any atom is 0.225 e. The van der Waals surface area contributed by atoms with Crippen LogP contribution in [-0.2, 0) is 17.8 Å². The lowest BCUT2D eigenvalue weighted by Crippen LogP contribution is -2.34. The number of carbonyl (C=O) groups excluding carboxylic acids is 1. The van der Waals surface area contributed by atoms with Gasteiger partial charge in [-0.05, 0) is 42.4 Å². The Bertz CT molecular complexity index is 524. The molecule has 2 N–H and O–H groups in total. The Labute approximate surface area is 125 Å². The molecule has 1 aromatic carbocycles. The van der Waals surface area contributed by atoms with Gasteiger partial charge in [0.15, 0.2) is 0 Å². The van der Waals surface area contributed by atoms with Crippen LogP contribution < -0.4 is 5.73 Å². The van der Waals surface area contributed by atoms with Gasteiger partial charge in [-0.2, -0.15) is 0 Å². The molecule has 0 spiro atoms. The molecule has 2 aliphatic rings. The molecule has 0 bridgehead atoms. The number of amides is 1. The molecule has 1 aliphatic carbocycles. The van der Waals surface area contributed by atoms with Crippen molar-refractivity contribution in [3.63, 3.8) is 0 Å². The van der Waals surface area contributed by atoms with Gasteiger partial charge in [0.2, 0.25) is 5.91 Å². The van der Waals surface area contributed by atoms with E-state index in [4.69, 9.17) is 5.73 Å². The number of nitrogens with two attached hydrogens (primary N) is 1. The minimum Gasteiger partial charge on any atom is -0.369 e. The highest BCUT2D eigenvalue weighted by molar-refractivity contribution is 5.84. The number of likely N-dealkylation sites (tertiary alicyclic amines) is 1. The van der Waals surface area contributed by atoms with Crippen molar-refractivity contribution < 1.29 is 9.18 Å². The Balaban J connectivity index is 1.72. The molecule has 21 heavy (non-hydrogen) atoms. The van der Waals surface area contributed by atoms with Crippen LogP contribution in [0.5, 0.6) is 0 Å². The van der Waals surface area contributed by atoms with Crippen LogP contribution in [0.3, 0.4) is 0 Å². The number of primary amides is 1. The SMILES string of the molecule is NC(=O)C1[C]CCc2cc(CN3CCC(F)CC3)ccc21. The Hall–Kier alpha value is -1.42. The third kappa shape index (κ3) is 3.26. The van der Waals surface area contributed by atoms with Crippen LogP contribution in [0.2, 0.25) is 0 Å². The standard InChI is InChI=1S/C17H21FN2O/c18-14-6-8-20(9-7-14)11-12-4-5-15-13(10-12)2-1-3-16(15)17(19)21/h4-5,10,14,16H,1-2,6-9,11H2,(H2,19,21). The lowest BCUT2D eigenvalue weighted by Gasteiger charge is -2.29. The van der Waals surface area contributed by atoms with Crippen LogP contribution in [0.1, 0.15) is 41.9 Å². The first-order chi connectivity index (χ1) is 10.1. The summed E-state index contributed by atoms with van der Waals surface area (Å²) in [6.07, 6.45) is 5.49. The monoisotopic (exact) mass is 288 g/mol. The lowest BCUT2D eigenvalue weighted by atomic mass is 9.81. The summed E-state index contributed by atoms with van der Waals surface area (Å²) in [6.45, 7) is 2.50. The van der Waals surface area contributed by atoms with E-state index >= 15 is 0 Å². The minimum absolute atomic E-state index is 0.325. The van der Waals surface area contributed by atoms with E-state index in [-0.39, 0.29) is 11.8 Å². The Kier molecular flexibility index (Phi) is 4.24. The second-order valence-corrected chi connectivity index (χ2v) is 6.02. The number of halogens is 1. The summed E-state index contributed by atoms with van der Waals surface area (Å²) < 4.78 is 13.2. The van der Waals surface area contributed by atoms with E-state index in [1.807, 2.05) is 6.07 Å². The average Bonchev–Trinajstić information content (AvgIpc) is 2.48. The zero-order valence-electron chi connectivity index (χ0n) is 12.1. The molecule has 1 atom stereocenters. The third-order valence-corrected chi connectivity index (χ3v) is 4.47.